The van der Waals surface area contributed by atoms with Crippen LogP contribution in [-0.4, -0.2) is 31.5 Å². The SMILES string of the molecule is Cc1cccc(OCCCS(=O)(=O)CC(N)=S)c1. The molecule has 0 bridgehead atoms. The van der Waals surface area contributed by atoms with E-state index >= 15 is 0 Å². The van der Waals surface area contributed by atoms with Crippen molar-refractivity contribution < 1.29 is 13.2 Å². The van der Waals surface area contributed by atoms with E-state index in [9.17, 15) is 8.42 Å². The van der Waals surface area contributed by atoms with Gasteiger partial charge in [-0.05, 0) is 31.0 Å². The van der Waals surface area contributed by atoms with Crippen molar-refractivity contribution in [1.29, 1.82) is 0 Å². The number of aryl methyl sites for hydroxylation is 1. The maximum absolute atomic E-state index is 11.5. The first-order valence-corrected chi connectivity index (χ1v) is 7.80. The van der Waals surface area contributed by atoms with Gasteiger partial charge in [0.1, 0.15) is 11.5 Å². The van der Waals surface area contributed by atoms with E-state index in [2.05, 4.69) is 12.2 Å². The lowest BCUT2D eigenvalue weighted by Crippen LogP contribution is -2.24. The molecule has 0 saturated heterocycles. The Morgan fingerprint density at radius 3 is 2.78 bits per heavy atom. The highest BCUT2D eigenvalue weighted by Crippen LogP contribution is 2.12. The minimum atomic E-state index is -3.19. The second-order valence-electron chi connectivity index (χ2n) is 4.08. The van der Waals surface area contributed by atoms with Crippen LogP contribution >= 0.6 is 12.2 Å². The molecule has 0 aliphatic carbocycles. The Hall–Kier alpha value is -1.14. The third-order valence-corrected chi connectivity index (χ3v) is 4.21. The van der Waals surface area contributed by atoms with Gasteiger partial charge in [0.2, 0.25) is 0 Å². The van der Waals surface area contributed by atoms with Crippen LogP contribution in [0.15, 0.2) is 24.3 Å². The largest absolute Gasteiger partial charge is 0.494 e. The maximum Gasteiger partial charge on any atom is 0.156 e. The predicted octanol–water partition coefficient (Wildman–Crippen LogP) is 1.46. The highest BCUT2D eigenvalue weighted by molar-refractivity contribution is 7.93. The molecular formula is C12H17NO3S2. The normalized spacial score (nSPS) is 11.2. The number of hydrogen-bond acceptors (Lipinski definition) is 4. The predicted molar refractivity (Wildman–Crippen MR) is 76.7 cm³/mol. The van der Waals surface area contributed by atoms with Gasteiger partial charge >= 0.3 is 0 Å². The lowest BCUT2D eigenvalue weighted by molar-refractivity contribution is 0.317. The van der Waals surface area contributed by atoms with Crippen LogP contribution < -0.4 is 10.5 Å². The highest BCUT2D eigenvalue weighted by atomic mass is 32.2. The molecule has 1 aromatic rings. The van der Waals surface area contributed by atoms with Gasteiger partial charge in [-0.25, -0.2) is 8.42 Å². The number of thiocarbonyl (C=S) groups is 1. The van der Waals surface area contributed by atoms with E-state index in [4.69, 9.17) is 10.5 Å². The Kier molecular flexibility index (Phi) is 5.55. The smallest absolute Gasteiger partial charge is 0.156 e. The van der Waals surface area contributed by atoms with E-state index in [-0.39, 0.29) is 16.5 Å². The van der Waals surface area contributed by atoms with Crippen LogP contribution in [0, 0.1) is 6.92 Å². The van der Waals surface area contributed by atoms with Crippen molar-refractivity contribution in [1.82, 2.24) is 0 Å². The lowest BCUT2D eigenvalue weighted by atomic mass is 10.2. The van der Waals surface area contributed by atoms with Crippen molar-refractivity contribution in [3.63, 3.8) is 0 Å². The Bertz CT molecular complexity index is 512. The van der Waals surface area contributed by atoms with Gasteiger partial charge in [0.05, 0.1) is 17.3 Å². The van der Waals surface area contributed by atoms with Crippen LogP contribution in [0.25, 0.3) is 0 Å². The Balaban J connectivity index is 2.33. The van der Waals surface area contributed by atoms with E-state index in [1.165, 1.54) is 0 Å². The van der Waals surface area contributed by atoms with Gasteiger partial charge in [-0.3, -0.25) is 0 Å². The van der Waals surface area contributed by atoms with Crippen molar-refractivity contribution in [2.24, 2.45) is 5.73 Å². The van der Waals surface area contributed by atoms with Crippen molar-refractivity contribution in [3.8, 4) is 5.75 Å². The molecule has 0 unspecified atom stereocenters. The summed E-state index contributed by atoms with van der Waals surface area (Å²) in [5, 5.41) is 0. The molecule has 4 nitrogen and oxygen atoms in total. The van der Waals surface area contributed by atoms with E-state index in [1.54, 1.807) is 0 Å². The van der Waals surface area contributed by atoms with Gasteiger partial charge in [0, 0.05) is 0 Å². The van der Waals surface area contributed by atoms with Gasteiger partial charge in [-0.2, -0.15) is 0 Å². The fourth-order valence-electron chi connectivity index (χ4n) is 1.46. The minimum Gasteiger partial charge on any atom is -0.494 e. The molecule has 0 fully saturated rings. The number of sulfone groups is 1. The average Bonchev–Trinajstić information content (AvgIpc) is 2.23. The maximum atomic E-state index is 11.5. The molecule has 0 amide bonds. The molecule has 18 heavy (non-hydrogen) atoms. The second kappa shape index (κ2) is 6.70. The quantitative estimate of drug-likeness (QED) is 0.607. The summed E-state index contributed by atoms with van der Waals surface area (Å²) in [4.78, 5) is 0.00889. The van der Waals surface area contributed by atoms with Crippen molar-refractivity contribution >= 4 is 27.0 Å². The first-order chi connectivity index (χ1) is 8.39. The zero-order valence-corrected chi connectivity index (χ0v) is 11.9. The highest BCUT2D eigenvalue weighted by Gasteiger charge is 2.11. The molecule has 0 aliphatic rings. The summed E-state index contributed by atoms with van der Waals surface area (Å²) < 4.78 is 28.4. The monoisotopic (exact) mass is 287 g/mol. The third kappa shape index (κ3) is 5.97. The molecule has 0 heterocycles. The molecule has 0 spiro atoms. The molecule has 6 heteroatoms. The average molecular weight is 287 g/mol. The van der Waals surface area contributed by atoms with Crippen molar-refractivity contribution in [2.45, 2.75) is 13.3 Å². The van der Waals surface area contributed by atoms with Gasteiger partial charge in [0.25, 0.3) is 0 Å². The zero-order chi connectivity index (χ0) is 13.6. The van der Waals surface area contributed by atoms with Crippen LogP contribution in [0.5, 0.6) is 5.75 Å². The molecule has 0 saturated carbocycles. The Morgan fingerprint density at radius 1 is 1.44 bits per heavy atom. The topological polar surface area (TPSA) is 69.4 Å². The number of hydrogen-bond donors (Lipinski definition) is 1. The van der Waals surface area contributed by atoms with Crippen LogP contribution in [0.2, 0.25) is 0 Å². The molecular weight excluding hydrogens is 270 g/mol. The molecule has 1 aromatic carbocycles. The van der Waals surface area contributed by atoms with Gasteiger partial charge in [-0.1, -0.05) is 24.4 Å². The lowest BCUT2D eigenvalue weighted by Gasteiger charge is -2.07. The van der Waals surface area contributed by atoms with Crippen LogP contribution in [-0.2, 0) is 9.84 Å². The van der Waals surface area contributed by atoms with E-state index in [0.717, 1.165) is 11.3 Å². The molecule has 0 atom stereocenters. The first kappa shape index (κ1) is 14.9. The molecule has 0 aromatic heterocycles. The van der Waals surface area contributed by atoms with Crippen molar-refractivity contribution in [3.05, 3.63) is 29.8 Å². The molecule has 0 aliphatic heterocycles. The number of nitrogens with two attached hydrogens (primary N) is 1. The van der Waals surface area contributed by atoms with Crippen LogP contribution in [0.3, 0.4) is 0 Å². The van der Waals surface area contributed by atoms with Crippen molar-refractivity contribution in [2.75, 3.05) is 18.1 Å². The summed E-state index contributed by atoms with van der Waals surface area (Å²) in [6.07, 6.45) is 0.429. The Morgan fingerprint density at radius 2 is 2.17 bits per heavy atom. The van der Waals surface area contributed by atoms with E-state index in [1.807, 2.05) is 31.2 Å². The summed E-state index contributed by atoms with van der Waals surface area (Å²) in [5.74, 6) is 0.560. The van der Waals surface area contributed by atoms with Gasteiger partial charge < -0.3 is 10.5 Å². The van der Waals surface area contributed by atoms with Crippen LogP contribution in [0.1, 0.15) is 12.0 Å². The summed E-state index contributed by atoms with van der Waals surface area (Å²) >= 11 is 4.58. The second-order valence-corrected chi connectivity index (χ2v) is 6.79. The van der Waals surface area contributed by atoms with Gasteiger partial charge in [-0.15, -0.1) is 0 Å². The standard InChI is InChI=1S/C12H17NO3S2/c1-10-4-2-5-11(8-10)16-6-3-7-18(14,15)9-12(13)17/h2,4-5,8H,3,6-7,9H2,1H3,(H2,13,17). The fraction of sp³-hybridized carbons (Fsp3) is 0.417. The number of rotatable bonds is 7. The number of benzene rings is 1. The van der Waals surface area contributed by atoms with Crippen LogP contribution in [0.4, 0.5) is 0 Å². The summed E-state index contributed by atoms with van der Waals surface area (Å²) in [7, 11) is -3.19. The molecule has 100 valence electrons. The first-order valence-electron chi connectivity index (χ1n) is 5.57. The summed E-state index contributed by atoms with van der Waals surface area (Å²) in [6.45, 7) is 2.33. The van der Waals surface area contributed by atoms with E-state index in [0.29, 0.717) is 13.0 Å². The molecule has 1 rings (SSSR count). The Labute approximate surface area is 113 Å². The zero-order valence-electron chi connectivity index (χ0n) is 10.3. The summed E-state index contributed by atoms with van der Waals surface area (Å²) in [6, 6.07) is 7.62. The number of ether oxygens (including phenoxy) is 1. The third-order valence-electron chi connectivity index (χ3n) is 2.22. The minimum absolute atomic E-state index is 0.00889. The molecule has 0 radical (unpaired) electrons. The van der Waals surface area contributed by atoms with E-state index < -0.39 is 9.84 Å². The fourth-order valence-corrected chi connectivity index (χ4v) is 3.14. The van der Waals surface area contributed by atoms with Gasteiger partial charge in [0.15, 0.2) is 9.84 Å². The summed E-state index contributed by atoms with van der Waals surface area (Å²) in [5.41, 5.74) is 6.32. The molecule has 2 N–H and O–H groups in total.